The van der Waals surface area contributed by atoms with Crippen LogP contribution < -0.4 is 4.90 Å². The molecule has 3 heterocycles. The summed E-state index contributed by atoms with van der Waals surface area (Å²) >= 11 is 7.99. The highest BCUT2D eigenvalue weighted by Gasteiger charge is 2.74. The topological polar surface area (TPSA) is 87.1 Å². The van der Waals surface area contributed by atoms with Gasteiger partial charge in [-0.1, -0.05) is 42.5 Å². The van der Waals surface area contributed by atoms with Crippen LogP contribution in [0.5, 0.6) is 0 Å². The number of fused-ring (bicyclic) bond motifs is 1. The average molecular weight is 505 g/mol. The molecule has 3 aliphatic rings. The molecule has 7 nitrogen and oxygen atoms in total. The van der Waals surface area contributed by atoms with E-state index in [1.165, 1.54) is 11.0 Å². The van der Waals surface area contributed by atoms with Gasteiger partial charge < -0.3 is 19.6 Å². The molecule has 1 N–H and O–H groups in total. The minimum Gasteiger partial charge on any atom is -0.461 e. The van der Waals surface area contributed by atoms with Crippen LogP contribution in [0.4, 0.5) is 5.69 Å². The van der Waals surface area contributed by atoms with Gasteiger partial charge in [0.05, 0.1) is 39.9 Å². The number of aliphatic hydroxyl groups excluding tert-OH is 1. The zero-order chi connectivity index (χ0) is 24.6. The van der Waals surface area contributed by atoms with Crippen LogP contribution in [0.1, 0.15) is 19.8 Å². The summed E-state index contributed by atoms with van der Waals surface area (Å²) in [5.41, 5.74) is 0.525. The Bertz CT molecular complexity index is 1020. The average Bonchev–Trinajstić information content (AvgIpc) is 3.48. The number of halogens is 1. The molecule has 0 aromatic heterocycles. The maximum Gasteiger partial charge on any atom is 0.311 e. The first-order valence-corrected chi connectivity index (χ1v) is 12.6. The molecule has 3 fully saturated rings. The number of para-hydroxylation sites is 1. The molecule has 4 rings (SSSR count). The molecule has 182 valence electrons. The Balaban J connectivity index is 1.79. The predicted molar refractivity (Wildman–Crippen MR) is 133 cm³/mol. The zero-order valence-corrected chi connectivity index (χ0v) is 20.6. The summed E-state index contributed by atoms with van der Waals surface area (Å²) in [6.45, 7) is 9.07. The number of carbonyl (C=O) groups excluding carboxylic acids is 3. The molecule has 1 aromatic carbocycles. The summed E-state index contributed by atoms with van der Waals surface area (Å²) in [7, 11) is 0. The van der Waals surface area contributed by atoms with E-state index in [4.69, 9.17) is 16.3 Å². The fourth-order valence-electron chi connectivity index (χ4n) is 5.69. The number of amides is 2. The molecule has 0 saturated carbocycles. The molecule has 3 saturated heterocycles. The van der Waals surface area contributed by atoms with E-state index in [1.54, 1.807) is 53.9 Å². The Morgan fingerprint density at radius 1 is 1.38 bits per heavy atom. The number of rotatable bonds is 9. The van der Waals surface area contributed by atoms with Gasteiger partial charge in [-0.15, -0.1) is 18.3 Å². The highest BCUT2D eigenvalue weighted by Crippen LogP contribution is 2.67. The Morgan fingerprint density at radius 3 is 2.76 bits per heavy atom. The van der Waals surface area contributed by atoms with Gasteiger partial charge in [-0.3, -0.25) is 14.4 Å². The second-order valence-electron chi connectivity index (χ2n) is 8.94. The highest BCUT2D eigenvalue weighted by atomic mass is 35.5. The minimum absolute atomic E-state index is 0.0688. The van der Waals surface area contributed by atoms with Gasteiger partial charge in [-0.25, -0.2) is 0 Å². The monoisotopic (exact) mass is 504 g/mol. The second-order valence-corrected chi connectivity index (χ2v) is 10.9. The van der Waals surface area contributed by atoms with Gasteiger partial charge in [0, 0.05) is 11.8 Å². The molecule has 2 unspecified atom stereocenters. The number of anilines is 1. The summed E-state index contributed by atoms with van der Waals surface area (Å²) in [4.78, 5) is 44.1. The number of esters is 1. The Kier molecular flexibility index (Phi) is 7.12. The molecule has 2 amide bonds. The summed E-state index contributed by atoms with van der Waals surface area (Å²) in [5, 5.41) is 10.3. The third-order valence-corrected chi connectivity index (χ3v) is 9.32. The van der Waals surface area contributed by atoms with Crippen molar-refractivity contribution >= 4 is 46.8 Å². The van der Waals surface area contributed by atoms with Gasteiger partial charge >= 0.3 is 5.97 Å². The lowest BCUT2D eigenvalue weighted by Crippen LogP contribution is -2.57. The van der Waals surface area contributed by atoms with Gasteiger partial charge in [-0.05, 0) is 31.9 Å². The zero-order valence-electron chi connectivity index (χ0n) is 19.1. The van der Waals surface area contributed by atoms with Crippen molar-refractivity contribution < 1.29 is 24.2 Å². The number of aliphatic hydroxyl groups is 1. The summed E-state index contributed by atoms with van der Waals surface area (Å²) < 4.78 is 4.58. The summed E-state index contributed by atoms with van der Waals surface area (Å²) in [6.07, 6.45) is 4.44. The Hall–Kier alpha value is -2.29. The van der Waals surface area contributed by atoms with Crippen molar-refractivity contribution in [2.45, 2.75) is 41.8 Å². The molecule has 3 aliphatic heterocycles. The van der Waals surface area contributed by atoms with E-state index in [-0.39, 0.29) is 36.8 Å². The molecule has 2 bridgehead atoms. The fourth-order valence-corrected chi connectivity index (χ4v) is 8.12. The maximum atomic E-state index is 14.2. The molecule has 0 aliphatic carbocycles. The fraction of sp³-hybridized carbons (Fsp3) is 0.480. The molecular formula is C25H29ClN2O5S. The number of likely N-dealkylation sites (tertiary alicyclic amines) is 1. The normalized spacial score (nSPS) is 30.1. The van der Waals surface area contributed by atoms with Crippen LogP contribution >= 0.6 is 23.4 Å². The number of thioether (sulfide) groups is 1. The summed E-state index contributed by atoms with van der Waals surface area (Å²) in [5.74, 6) is -2.33. The third kappa shape index (κ3) is 3.76. The van der Waals surface area contributed by atoms with E-state index in [0.717, 1.165) is 0 Å². The van der Waals surface area contributed by atoms with E-state index >= 15 is 0 Å². The smallest absolute Gasteiger partial charge is 0.311 e. The Morgan fingerprint density at radius 2 is 2.12 bits per heavy atom. The third-order valence-electron chi connectivity index (χ3n) is 7.05. The van der Waals surface area contributed by atoms with Crippen LogP contribution in [0.2, 0.25) is 5.02 Å². The first-order chi connectivity index (χ1) is 16.3. The second kappa shape index (κ2) is 9.76. The van der Waals surface area contributed by atoms with Gasteiger partial charge in [0.25, 0.3) is 5.91 Å². The highest BCUT2D eigenvalue weighted by molar-refractivity contribution is 8.02. The van der Waals surface area contributed by atoms with E-state index in [0.29, 0.717) is 23.6 Å². The van der Waals surface area contributed by atoms with Crippen LogP contribution in [0.3, 0.4) is 0 Å². The van der Waals surface area contributed by atoms with Crippen molar-refractivity contribution in [1.82, 2.24) is 4.90 Å². The van der Waals surface area contributed by atoms with Crippen LogP contribution in [0.25, 0.3) is 0 Å². The standard InChI is InChI=1S/C25H29ClN2O5S/c1-4-12-27(17-9-7-6-8-16(17)26)23(31)21-25-11-10-18(34-25)19(24(32)33-13-5-2)20(25)22(30)28(21)15(3)14-29/h4-9,15,18-21,29H,1-2,10-14H2,3H3/t15-,18-,19+,20+,21?,25?/m1/s1. The van der Waals surface area contributed by atoms with Crippen LogP contribution in [-0.2, 0) is 19.1 Å². The lowest BCUT2D eigenvalue weighted by molar-refractivity contribution is -0.153. The molecule has 9 heteroatoms. The van der Waals surface area contributed by atoms with E-state index in [1.807, 2.05) is 0 Å². The first kappa shape index (κ1) is 24.8. The molecule has 1 aromatic rings. The lowest BCUT2D eigenvalue weighted by atomic mass is 9.71. The predicted octanol–water partition coefficient (Wildman–Crippen LogP) is 3.06. The number of hydrogen-bond donors (Lipinski definition) is 1. The van der Waals surface area contributed by atoms with Crippen molar-refractivity contribution in [3.8, 4) is 0 Å². The number of benzene rings is 1. The lowest BCUT2D eigenvalue weighted by Gasteiger charge is -2.39. The molecule has 6 atom stereocenters. The maximum absolute atomic E-state index is 14.2. The van der Waals surface area contributed by atoms with E-state index in [9.17, 15) is 19.5 Å². The molecule has 0 radical (unpaired) electrons. The quantitative estimate of drug-likeness (QED) is 0.411. The van der Waals surface area contributed by atoms with Crippen molar-refractivity contribution in [3.63, 3.8) is 0 Å². The van der Waals surface area contributed by atoms with Crippen molar-refractivity contribution in [3.05, 3.63) is 54.6 Å². The number of carbonyl (C=O) groups is 3. The minimum atomic E-state index is -0.851. The van der Waals surface area contributed by atoms with E-state index < -0.39 is 34.6 Å². The number of hydrogen-bond acceptors (Lipinski definition) is 6. The van der Waals surface area contributed by atoms with Crippen molar-refractivity contribution in [1.29, 1.82) is 0 Å². The number of ether oxygens (including phenoxy) is 1. The van der Waals surface area contributed by atoms with Crippen molar-refractivity contribution in [2.75, 3.05) is 24.7 Å². The largest absolute Gasteiger partial charge is 0.461 e. The van der Waals surface area contributed by atoms with Crippen LogP contribution in [-0.4, -0.2) is 69.6 Å². The SMILES string of the molecule is C=CCOC(=O)[C@@H]1[C@H]2C(=O)N([C@H](C)CO)C(C(=O)N(CC=C)c3ccccc3Cl)C23CC[C@H]1S3. The van der Waals surface area contributed by atoms with Gasteiger partial charge in [-0.2, -0.15) is 0 Å². The van der Waals surface area contributed by atoms with Gasteiger partial charge in [0.1, 0.15) is 12.6 Å². The van der Waals surface area contributed by atoms with E-state index in [2.05, 4.69) is 13.2 Å². The van der Waals surface area contributed by atoms with Crippen molar-refractivity contribution in [2.24, 2.45) is 11.8 Å². The van der Waals surface area contributed by atoms with Gasteiger partial charge in [0.15, 0.2) is 0 Å². The number of nitrogens with zero attached hydrogens (tertiary/aromatic N) is 2. The van der Waals surface area contributed by atoms with Crippen LogP contribution in [0.15, 0.2) is 49.6 Å². The van der Waals surface area contributed by atoms with Crippen LogP contribution in [0, 0.1) is 11.8 Å². The summed E-state index contributed by atoms with van der Waals surface area (Å²) in [6, 6.07) is 5.59. The van der Waals surface area contributed by atoms with Gasteiger partial charge in [0.2, 0.25) is 5.91 Å². The first-order valence-electron chi connectivity index (χ1n) is 11.4. The Labute approximate surface area is 208 Å². The molecular weight excluding hydrogens is 476 g/mol. The molecule has 34 heavy (non-hydrogen) atoms. The molecule has 1 spiro atoms.